The van der Waals surface area contributed by atoms with Crippen molar-refractivity contribution in [2.24, 2.45) is 0 Å². The molecule has 1 heterocycles. The maximum atomic E-state index is 11.2. The van der Waals surface area contributed by atoms with Crippen LogP contribution in [-0.4, -0.2) is 10.8 Å². The molecule has 0 aliphatic carbocycles. The molecule has 2 aromatic rings. The molecule has 1 aromatic carbocycles. The van der Waals surface area contributed by atoms with E-state index in [9.17, 15) is 4.79 Å². The van der Waals surface area contributed by atoms with Crippen molar-refractivity contribution in [3.63, 3.8) is 0 Å². The van der Waals surface area contributed by atoms with E-state index in [4.69, 9.17) is 0 Å². The molecular weight excluding hydrogens is 218 g/mol. The predicted molar refractivity (Wildman–Crippen MR) is 67.3 cm³/mol. The molecule has 0 saturated heterocycles. The number of thiol groups is 1. The Hall–Kier alpha value is -1.48. The highest BCUT2D eigenvalue weighted by Gasteiger charge is 2.04. The number of hydrogen-bond acceptors (Lipinski definition) is 2. The molecule has 0 aliphatic rings. The van der Waals surface area contributed by atoms with Gasteiger partial charge in [-0.15, -0.1) is 12.6 Å². The van der Waals surface area contributed by atoms with Crippen LogP contribution in [-0.2, 0) is 6.42 Å². The van der Waals surface area contributed by atoms with Gasteiger partial charge in [0.25, 0.3) is 0 Å². The molecule has 1 N–H and O–H groups in total. The molecule has 0 atom stereocenters. The fourth-order valence-corrected chi connectivity index (χ4v) is 1.87. The third kappa shape index (κ3) is 2.36. The first-order valence-electron chi connectivity index (χ1n) is 5.11. The van der Waals surface area contributed by atoms with Crippen molar-refractivity contribution in [2.75, 3.05) is 0 Å². The van der Waals surface area contributed by atoms with Gasteiger partial charge < -0.3 is 4.98 Å². The van der Waals surface area contributed by atoms with Gasteiger partial charge >= 0.3 is 0 Å². The van der Waals surface area contributed by atoms with Crippen molar-refractivity contribution < 1.29 is 4.79 Å². The second kappa shape index (κ2) is 4.58. The summed E-state index contributed by atoms with van der Waals surface area (Å²) in [5.74, 6) is 0.0991. The molecule has 16 heavy (non-hydrogen) atoms. The quantitative estimate of drug-likeness (QED) is 0.617. The summed E-state index contributed by atoms with van der Waals surface area (Å²) >= 11 is 4.35. The lowest BCUT2D eigenvalue weighted by molar-refractivity contribution is 0.101. The van der Waals surface area contributed by atoms with Crippen molar-refractivity contribution in [3.05, 3.63) is 53.3 Å². The number of carbonyl (C=O) groups excluding carboxylic acids is 1. The van der Waals surface area contributed by atoms with Gasteiger partial charge in [0.2, 0.25) is 0 Å². The SMILES string of the molecule is CC(=O)c1cccc(Cc2c[nH]cc2S)c1. The van der Waals surface area contributed by atoms with Crippen LogP contribution in [0.15, 0.2) is 41.6 Å². The average Bonchev–Trinajstić information content (AvgIpc) is 2.65. The molecule has 0 radical (unpaired) electrons. The van der Waals surface area contributed by atoms with E-state index in [1.807, 2.05) is 36.7 Å². The summed E-state index contributed by atoms with van der Waals surface area (Å²) in [7, 11) is 0. The van der Waals surface area contributed by atoms with Crippen LogP contribution in [0.3, 0.4) is 0 Å². The lowest BCUT2D eigenvalue weighted by Crippen LogP contribution is -1.94. The van der Waals surface area contributed by atoms with E-state index in [0.29, 0.717) is 0 Å². The van der Waals surface area contributed by atoms with Crippen LogP contribution in [0.1, 0.15) is 28.4 Å². The standard InChI is InChI=1S/C13H13NOS/c1-9(15)11-4-2-3-10(5-11)6-12-7-14-8-13(12)16/h2-5,7-8,14,16H,6H2,1H3. The van der Waals surface area contributed by atoms with Crippen LogP contribution < -0.4 is 0 Å². The van der Waals surface area contributed by atoms with E-state index in [1.54, 1.807) is 6.92 Å². The van der Waals surface area contributed by atoms with Gasteiger partial charge in [0.15, 0.2) is 5.78 Å². The first kappa shape index (κ1) is 11.0. The summed E-state index contributed by atoms with van der Waals surface area (Å²) < 4.78 is 0. The minimum Gasteiger partial charge on any atom is -0.366 e. The van der Waals surface area contributed by atoms with Crippen LogP contribution in [0.5, 0.6) is 0 Å². The third-order valence-corrected chi connectivity index (χ3v) is 2.95. The Labute approximate surface area is 100 Å². The van der Waals surface area contributed by atoms with Crippen LogP contribution in [0.4, 0.5) is 0 Å². The van der Waals surface area contributed by atoms with Crippen LogP contribution >= 0.6 is 12.6 Å². The molecule has 0 spiro atoms. The number of rotatable bonds is 3. The van der Waals surface area contributed by atoms with Gasteiger partial charge in [-0.2, -0.15) is 0 Å². The Morgan fingerprint density at radius 3 is 2.81 bits per heavy atom. The van der Waals surface area contributed by atoms with E-state index in [-0.39, 0.29) is 5.78 Å². The third-order valence-electron chi connectivity index (χ3n) is 2.53. The zero-order valence-corrected chi connectivity index (χ0v) is 9.92. The minimum atomic E-state index is 0.0991. The zero-order valence-electron chi connectivity index (χ0n) is 9.03. The minimum absolute atomic E-state index is 0.0991. The number of aromatic nitrogens is 1. The molecule has 2 nitrogen and oxygen atoms in total. The highest BCUT2D eigenvalue weighted by molar-refractivity contribution is 7.80. The summed E-state index contributed by atoms with van der Waals surface area (Å²) in [5.41, 5.74) is 3.03. The number of benzene rings is 1. The Kier molecular flexibility index (Phi) is 3.15. The largest absolute Gasteiger partial charge is 0.366 e. The summed E-state index contributed by atoms with van der Waals surface area (Å²) in [6.07, 6.45) is 4.58. The van der Waals surface area contributed by atoms with Crippen LogP contribution in [0.25, 0.3) is 0 Å². The van der Waals surface area contributed by atoms with E-state index in [2.05, 4.69) is 17.6 Å². The first-order chi connectivity index (χ1) is 7.66. The van der Waals surface area contributed by atoms with E-state index < -0.39 is 0 Å². The van der Waals surface area contributed by atoms with Gasteiger partial charge in [0, 0.05) is 29.3 Å². The molecular formula is C13H13NOS. The maximum absolute atomic E-state index is 11.2. The van der Waals surface area contributed by atoms with Crippen LogP contribution in [0.2, 0.25) is 0 Å². The number of H-pyrrole nitrogens is 1. The molecule has 0 aliphatic heterocycles. The van der Waals surface area contributed by atoms with Crippen molar-refractivity contribution in [2.45, 2.75) is 18.2 Å². The normalized spacial score (nSPS) is 10.4. The van der Waals surface area contributed by atoms with Crippen molar-refractivity contribution in [1.82, 2.24) is 4.98 Å². The number of Topliss-reactive ketones (excluding diaryl/α,β-unsaturated/α-hetero) is 1. The highest BCUT2D eigenvalue weighted by Crippen LogP contribution is 2.17. The first-order valence-corrected chi connectivity index (χ1v) is 5.56. The van der Waals surface area contributed by atoms with E-state index >= 15 is 0 Å². The van der Waals surface area contributed by atoms with Crippen molar-refractivity contribution >= 4 is 18.4 Å². The Morgan fingerprint density at radius 2 is 2.19 bits per heavy atom. The summed E-state index contributed by atoms with van der Waals surface area (Å²) in [4.78, 5) is 15.2. The smallest absolute Gasteiger partial charge is 0.159 e. The van der Waals surface area contributed by atoms with E-state index in [0.717, 1.165) is 28.0 Å². The number of nitrogens with one attached hydrogen (secondary N) is 1. The summed E-state index contributed by atoms with van der Waals surface area (Å²) in [6, 6.07) is 7.71. The lowest BCUT2D eigenvalue weighted by atomic mass is 10.0. The van der Waals surface area contributed by atoms with Gasteiger partial charge in [-0.25, -0.2) is 0 Å². The van der Waals surface area contributed by atoms with Crippen LogP contribution in [0, 0.1) is 0 Å². The average molecular weight is 231 g/mol. The van der Waals surface area contributed by atoms with Gasteiger partial charge in [0.05, 0.1) is 0 Å². The summed E-state index contributed by atoms with van der Waals surface area (Å²) in [5, 5.41) is 0. The van der Waals surface area contributed by atoms with Gasteiger partial charge in [-0.1, -0.05) is 18.2 Å². The highest BCUT2D eigenvalue weighted by atomic mass is 32.1. The second-order valence-corrected chi connectivity index (χ2v) is 4.28. The molecule has 0 unspecified atom stereocenters. The molecule has 2 rings (SSSR count). The van der Waals surface area contributed by atoms with Crippen molar-refractivity contribution in [1.29, 1.82) is 0 Å². The number of aromatic amines is 1. The fraction of sp³-hybridized carbons (Fsp3) is 0.154. The van der Waals surface area contributed by atoms with Gasteiger partial charge in [-0.05, 0) is 24.1 Å². The Balaban J connectivity index is 2.25. The zero-order chi connectivity index (χ0) is 11.5. The maximum Gasteiger partial charge on any atom is 0.159 e. The monoisotopic (exact) mass is 231 g/mol. The lowest BCUT2D eigenvalue weighted by Gasteiger charge is -2.02. The number of hydrogen-bond donors (Lipinski definition) is 2. The molecule has 0 bridgehead atoms. The topological polar surface area (TPSA) is 32.9 Å². The Morgan fingerprint density at radius 1 is 1.38 bits per heavy atom. The molecule has 1 aromatic heterocycles. The number of carbonyl (C=O) groups is 1. The van der Waals surface area contributed by atoms with Crippen molar-refractivity contribution in [3.8, 4) is 0 Å². The fourth-order valence-electron chi connectivity index (χ4n) is 1.65. The Bertz CT molecular complexity index is 516. The molecule has 82 valence electrons. The molecule has 0 saturated carbocycles. The van der Waals surface area contributed by atoms with E-state index in [1.165, 1.54) is 0 Å². The predicted octanol–water partition coefficient (Wildman–Crippen LogP) is 3.10. The van der Waals surface area contributed by atoms with Gasteiger partial charge in [0.1, 0.15) is 0 Å². The summed E-state index contributed by atoms with van der Waals surface area (Å²) in [6.45, 7) is 1.58. The number of ketones is 1. The molecule has 0 amide bonds. The molecule has 3 heteroatoms. The second-order valence-electron chi connectivity index (χ2n) is 3.80. The molecule has 0 fully saturated rings. The van der Waals surface area contributed by atoms with Gasteiger partial charge in [-0.3, -0.25) is 4.79 Å².